The van der Waals surface area contributed by atoms with Gasteiger partial charge in [0, 0.05) is 4.90 Å². The number of benzene rings is 2. The number of nitriles is 1. The van der Waals surface area contributed by atoms with Crippen molar-refractivity contribution in [3.8, 4) is 6.07 Å². The molecule has 2 rings (SSSR count). The second kappa shape index (κ2) is 5.39. The summed E-state index contributed by atoms with van der Waals surface area (Å²) in [7, 11) is 0. The number of anilines is 1. The second-order valence-electron chi connectivity index (χ2n) is 3.63. The number of nitrogens with one attached hydrogen (secondary N) is 1. The van der Waals surface area contributed by atoms with E-state index in [4.69, 9.17) is 5.26 Å². The Kier molecular flexibility index (Phi) is 3.66. The van der Waals surface area contributed by atoms with Gasteiger partial charge in [-0.15, -0.1) is 12.6 Å². The zero-order chi connectivity index (χ0) is 13.0. The van der Waals surface area contributed by atoms with Crippen LogP contribution in [0.15, 0.2) is 53.4 Å². The molecule has 0 unspecified atom stereocenters. The number of rotatable bonds is 2. The third-order valence-electron chi connectivity index (χ3n) is 2.44. The lowest BCUT2D eigenvalue weighted by Crippen LogP contribution is -2.13. The highest BCUT2D eigenvalue weighted by atomic mass is 32.1. The van der Waals surface area contributed by atoms with Crippen molar-refractivity contribution in [3.05, 3.63) is 59.7 Å². The molecule has 0 aliphatic carbocycles. The van der Waals surface area contributed by atoms with Crippen molar-refractivity contribution in [1.82, 2.24) is 0 Å². The van der Waals surface area contributed by atoms with Gasteiger partial charge < -0.3 is 5.32 Å². The molecule has 3 nitrogen and oxygen atoms in total. The van der Waals surface area contributed by atoms with Gasteiger partial charge in [0.05, 0.1) is 16.8 Å². The summed E-state index contributed by atoms with van der Waals surface area (Å²) in [6.07, 6.45) is 0. The van der Waals surface area contributed by atoms with E-state index in [9.17, 15) is 4.79 Å². The number of carbonyl (C=O) groups is 1. The fraction of sp³-hybridized carbons (Fsp3) is 0. The first kappa shape index (κ1) is 12.2. The van der Waals surface area contributed by atoms with E-state index in [1.807, 2.05) is 12.1 Å². The molecule has 0 aliphatic rings. The van der Waals surface area contributed by atoms with E-state index in [0.717, 1.165) is 0 Å². The molecular weight excluding hydrogens is 244 g/mol. The van der Waals surface area contributed by atoms with Crippen LogP contribution in [0.2, 0.25) is 0 Å². The normalized spacial score (nSPS) is 9.56. The van der Waals surface area contributed by atoms with Crippen LogP contribution in [0.5, 0.6) is 0 Å². The molecular formula is C14H10N2OS. The lowest BCUT2D eigenvalue weighted by atomic mass is 10.1. The minimum atomic E-state index is -0.275. The molecule has 0 aliphatic heterocycles. The quantitative estimate of drug-likeness (QED) is 0.809. The topological polar surface area (TPSA) is 52.9 Å². The van der Waals surface area contributed by atoms with E-state index in [1.165, 1.54) is 0 Å². The lowest BCUT2D eigenvalue weighted by Gasteiger charge is -2.08. The first-order valence-corrected chi connectivity index (χ1v) is 5.75. The lowest BCUT2D eigenvalue weighted by molar-refractivity contribution is 0.102. The molecule has 0 saturated carbocycles. The molecule has 0 spiro atoms. The first-order valence-electron chi connectivity index (χ1n) is 5.31. The summed E-state index contributed by atoms with van der Waals surface area (Å²) in [4.78, 5) is 12.6. The van der Waals surface area contributed by atoms with E-state index in [2.05, 4.69) is 17.9 Å². The maximum atomic E-state index is 12.0. The Morgan fingerprint density at radius 1 is 1.11 bits per heavy atom. The molecule has 4 heteroatoms. The predicted molar refractivity (Wildman–Crippen MR) is 72.8 cm³/mol. The maximum absolute atomic E-state index is 12.0. The Labute approximate surface area is 110 Å². The molecule has 0 radical (unpaired) electrons. The van der Waals surface area contributed by atoms with Gasteiger partial charge in [-0.25, -0.2) is 0 Å². The summed E-state index contributed by atoms with van der Waals surface area (Å²) in [5.41, 5.74) is 1.41. The zero-order valence-electron chi connectivity index (χ0n) is 9.42. The smallest absolute Gasteiger partial charge is 0.256 e. The molecule has 0 atom stereocenters. The van der Waals surface area contributed by atoms with E-state index < -0.39 is 0 Å². The van der Waals surface area contributed by atoms with Crippen molar-refractivity contribution in [2.75, 3.05) is 5.32 Å². The summed E-state index contributed by atoms with van der Waals surface area (Å²) < 4.78 is 0. The third kappa shape index (κ3) is 2.53. The predicted octanol–water partition coefficient (Wildman–Crippen LogP) is 3.10. The minimum Gasteiger partial charge on any atom is -0.321 e. The van der Waals surface area contributed by atoms with E-state index in [1.54, 1.807) is 42.5 Å². The van der Waals surface area contributed by atoms with Crippen LogP contribution in [-0.2, 0) is 0 Å². The van der Waals surface area contributed by atoms with Gasteiger partial charge in [-0.1, -0.05) is 24.3 Å². The van der Waals surface area contributed by atoms with Gasteiger partial charge in [0.15, 0.2) is 0 Å². The highest BCUT2D eigenvalue weighted by molar-refractivity contribution is 7.80. The highest BCUT2D eigenvalue weighted by Gasteiger charge is 2.10. The standard InChI is InChI=1S/C14H10N2OS/c15-9-10-5-1-3-7-12(10)16-14(17)11-6-2-4-8-13(11)18/h1-8,18H,(H,16,17). The summed E-state index contributed by atoms with van der Waals surface area (Å²) in [5, 5.41) is 11.6. The van der Waals surface area contributed by atoms with Crippen molar-refractivity contribution in [3.63, 3.8) is 0 Å². The first-order chi connectivity index (χ1) is 8.72. The van der Waals surface area contributed by atoms with Gasteiger partial charge in [0.1, 0.15) is 6.07 Å². The third-order valence-corrected chi connectivity index (χ3v) is 2.83. The van der Waals surface area contributed by atoms with Gasteiger partial charge >= 0.3 is 0 Å². The Morgan fingerprint density at radius 3 is 2.50 bits per heavy atom. The monoisotopic (exact) mass is 254 g/mol. The summed E-state index contributed by atoms with van der Waals surface area (Å²) in [6, 6.07) is 15.9. The Morgan fingerprint density at radius 2 is 1.78 bits per heavy atom. The summed E-state index contributed by atoms with van der Waals surface area (Å²) in [6.45, 7) is 0. The van der Waals surface area contributed by atoms with Crippen LogP contribution in [0.1, 0.15) is 15.9 Å². The number of amides is 1. The molecule has 0 saturated heterocycles. The van der Waals surface area contributed by atoms with Crippen LogP contribution in [0.25, 0.3) is 0 Å². The SMILES string of the molecule is N#Cc1ccccc1NC(=O)c1ccccc1S. The number of para-hydroxylation sites is 1. The molecule has 18 heavy (non-hydrogen) atoms. The fourth-order valence-corrected chi connectivity index (χ4v) is 1.81. The van der Waals surface area contributed by atoms with E-state index in [-0.39, 0.29) is 5.91 Å². The Balaban J connectivity index is 2.28. The van der Waals surface area contributed by atoms with E-state index >= 15 is 0 Å². The Hall–Kier alpha value is -2.25. The molecule has 0 aromatic heterocycles. The molecule has 2 aromatic carbocycles. The maximum Gasteiger partial charge on any atom is 0.256 e. The number of hydrogen-bond acceptors (Lipinski definition) is 3. The average molecular weight is 254 g/mol. The van der Waals surface area contributed by atoms with Crippen molar-refractivity contribution in [2.24, 2.45) is 0 Å². The van der Waals surface area contributed by atoms with Crippen molar-refractivity contribution in [2.45, 2.75) is 4.90 Å². The fourth-order valence-electron chi connectivity index (χ4n) is 1.54. The molecule has 0 bridgehead atoms. The average Bonchev–Trinajstić information content (AvgIpc) is 2.39. The van der Waals surface area contributed by atoms with Crippen molar-refractivity contribution < 1.29 is 4.79 Å². The van der Waals surface area contributed by atoms with Gasteiger partial charge in [-0.05, 0) is 24.3 Å². The number of nitrogens with zero attached hydrogens (tertiary/aromatic N) is 1. The molecule has 0 fully saturated rings. The van der Waals surface area contributed by atoms with Crippen LogP contribution in [0, 0.1) is 11.3 Å². The zero-order valence-corrected chi connectivity index (χ0v) is 10.3. The number of thiol groups is 1. The van der Waals surface area contributed by atoms with Crippen molar-refractivity contribution in [1.29, 1.82) is 5.26 Å². The Bertz CT molecular complexity index is 632. The van der Waals surface area contributed by atoms with Gasteiger partial charge in [-0.3, -0.25) is 4.79 Å². The number of hydrogen-bond donors (Lipinski definition) is 2. The molecule has 0 heterocycles. The van der Waals surface area contributed by atoms with E-state index in [0.29, 0.717) is 21.7 Å². The molecule has 1 N–H and O–H groups in total. The van der Waals surface area contributed by atoms with Gasteiger partial charge in [0.2, 0.25) is 0 Å². The van der Waals surface area contributed by atoms with Crippen LogP contribution in [0.4, 0.5) is 5.69 Å². The van der Waals surface area contributed by atoms with Gasteiger partial charge in [0.25, 0.3) is 5.91 Å². The second-order valence-corrected chi connectivity index (χ2v) is 4.11. The number of carbonyl (C=O) groups excluding carboxylic acids is 1. The molecule has 88 valence electrons. The largest absolute Gasteiger partial charge is 0.321 e. The molecule has 2 aromatic rings. The van der Waals surface area contributed by atoms with Crippen LogP contribution in [-0.4, -0.2) is 5.91 Å². The van der Waals surface area contributed by atoms with Crippen LogP contribution >= 0.6 is 12.6 Å². The molecule has 1 amide bonds. The summed E-state index contributed by atoms with van der Waals surface area (Å²) in [5.74, 6) is -0.275. The highest BCUT2D eigenvalue weighted by Crippen LogP contribution is 2.18. The summed E-state index contributed by atoms with van der Waals surface area (Å²) >= 11 is 4.23. The van der Waals surface area contributed by atoms with Gasteiger partial charge in [-0.2, -0.15) is 5.26 Å². The van der Waals surface area contributed by atoms with Crippen LogP contribution in [0.3, 0.4) is 0 Å². The van der Waals surface area contributed by atoms with Crippen molar-refractivity contribution >= 4 is 24.2 Å². The van der Waals surface area contributed by atoms with Crippen LogP contribution < -0.4 is 5.32 Å². The minimum absolute atomic E-state index is 0.275.